The highest BCUT2D eigenvalue weighted by atomic mass is 16.5. The molecule has 1 heterocycles. The molecule has 1 amide bonds. The van der Waals surface area contributed by atoms with Gasteiger partial charge in [-0.05, 0) is 33.0 Å². The van der Waals surface area contributed by atoms with Crippen LogP contribution in [0.5, 0.6) is 5.75 Å². The molecule has 0 atom stereocenters. The summed E-state index contributed by atoms with van der Waals surface area (Å²) < 4.78 is 5.40. The van der Waals surface area contributed by atoms with E-state index in [9.17, 15) is 4.79 Å². The maximum atomic E-state index is 11.7. The first kappa shape index (κ1) is 14.4. The average Bonchev–Trinajstić information content (AvgIpc) is 2.37. The molecule has 1 N–H and O–H groups in total. The van der Waals surface area contributed by atoms with Gasteiger partial charge in [0, 0.05) is 19.6 Å². The highest BCUT2D eigenvalue weighted by molar-refractivity contribution is 5.77. The molecule has 1 rings (SSSR count). The summed E-state index contributed by atoms with van der Waals surface area (Å²) in [6.45, 7) is 4.69. The lowest BCUT2D eigenvalue weighted by Gasteiger charge is -2.21. The lowest BCUT2D eigenvalue weighted by atomic mass is 10.3. The fourth-order valence-electron chi connectivity index (χ4n) is 1.32. The number of aromatic nitrogens is 1. The van der Waals surface area contributed by atoms with Crippen LogP contribution in [0.2, 0.25) is 0 Å². The maximum absolute atomic E-state index is 11.7. The molecule has 0 fully saturated rings. The number of carbonyl (C=O) groups is 1. The van der Waals surface area contributed by atoms with Gasteiger partial charge >= 0.3 is 0 Å². The molecule has 18 heavy (non-hydrogen) atoms. The number of hydrogen-bond donors (Lipinski definition) is 1. The van der Waals surface area contributed by atoms with Crippen LogP contribution in [0.25, 0.3) is 0 Å². The van der Waals surface area contributed by atoms with Crippen LogP contribution in [0.15, 0.2) is 18.3 Å². The molecule has 0 aliphatic rings. The van der Waals surface area contributed by atoms with Gasteiger partial charge in [-0.1, -0.05) is 0 Å². The Hall–Kier alpha value is -1.62. The van der Waals surface area contributed by atoms with Crippen molar-refractivity contribution >= 4 is 5.91 Å². The molecule has 1 aromatic rings. The van der Waals surface area contributed by atoms with Crippen molar-refractivity contribution in [3.63, 3.8) is 0 Å². The Balaban J connectivity index is 2.46. The highest BCUT2D eigenvalue weighted by Gasteiger charge is 2.12. The molecule has 0 radical (unpaired) electrons. The smallest absolute Gasteiger partial charge is 0.260 e. The third-order valence-electron chi connectivity index (χ3n) is 2.69. The number of amides is 1. The molecule has 0 bridgehead atoms. The van der Waals surface area contributed by atoms with Gasteiger partial charge in [0.15, 0.2) is 6.61 Å². The van der Waals surface area contributed by atoms with Crippen molar-refractivity contribution in [2.75, 3.05) is 20.7 Å². The summed E-state index contributed by atoms with van der Waals surface area (Å²) in [5.41, 5.74) is 0.940. The zero-order chi connectivity index (χ0) is 13.5. The van der Waals surface area contributed by atoms with Crippen molar-refractivity contribution < 1.29 is 9.53 Å². The van der Waals surface area contributed by atoms with Gasteiger partial charge in [0.2, 0.25) is 0 Å². The number of hydrogen-bond acceptors (Lipinski definition) is 4. The van der Waals surface area contributed by atoms with E-state index in [1.54, 1.807) is 18.1 Å². The van der Waals surface area contributed by atoms with Gasteiger partial charge in [0.1, 0.15) is 5.75 Å². The first-order valence-electron chi connectivity index (χ1n) is 6.02. The normalized spacial score (nSPS) is 10.5. The molecule has 0 aliphatic heterocycles. The van der Waals surface area contributed by atoms with Gasteiger partial charge in [-0.3, -0.25) is 9.78 Å². The number of ether oxygens (including phenoxy) is 1. The van der Waals surface area contributed by atoms with Crippen LogP contribution in [0.3, 0.4) is 0 Å². The summed E-state index contributed by atoms with van der Waals surface area (Å²) in [6, 6.07) is 3.88. The molecule has 1 aromatic heterocycles. The van der Waals surface area contributed by atoms with Crippen LogP contribution >= 0.6 is 0 Å². The van der Waals surface area contributed by atoms with E-state index in [1.807, 2.05) is 33.0 Å². The van der Waals surface area contributed by atoms with E-state index in [0.29, 0.717) is 5.75 Å². The third kappa shape index (κ3) is 4.33. The van der Waals surface area contributed by atoms with Gasteiger partial charge in [-0.2, -0.15) is 0 Å². The minimum absolute atomic E-state index is 0.0377. The van der Waals surface area contributed by atoms with E-state index in [0.717, 1.165) is 12.2 Å². The zero-order valence-electron chi connectivity index (χ0n) is 11.4. The van der Waals surface area contributed by atoms with E-state index < -0.39 is 0 Å². The molecule has 0 spiro atoms. The zero-order valence-corrected chi connectivity index (χ0v) is 11.4. The molecule has 0 aliphatic carbocycles. The lowest BCUT2D eigenvalue weighted by Crippen LogP contribution is -2.36. The second-order valence-electron chi connectivity index (χ2n) is 4.40. The molecule has 5 nitrogen and oxygen atoms in total. The Bertz CT molecular complexity index is 376. The van der Waals surface area contributed by atoms with E-state index in [1.165, 1.54) is 0 Å². The lowest BCUT2D eigenvalue weighted by molar-refractivity contribution is -0.133. The van der Waals surface area contributed by atoms with Crippen LogP contribution in [0.4, 0.5) is 0 Å². The molecular weight excluding hydrogens is 230 g/mol. The minimum Gasteiger partial charge on any atom is -0.482 e. The Morgan fingerprint density at radius 3 is 2.72 bits per heavy atom. The summed E-state index contributed by atoms with van der Waals surface area (Å²) >= 11 is 0. The summed E-state index contributed by atoms with van der Waals surface area (Å²) in [6.07, 6.45) is 1.63. The molecule has 0 saturated carbocycles. The fraction of sp³-hybridized carbons (Fsp3) is 0.538. The van der Waals surface area contributed by atoms with Crippen LogP contribution in [0.1, 0.15) is 19.5 Å². The number of likely N-dealkylation sites (N-methyl/N-ethyl adjacent to an activating group) is 1. The second kappa shape index (κ2) is 6.96. The predicted molar refractivity (Wildman–Crippen MR) is 70.4 cm³/mol. The highest BCUT2D eigenvalue weighted by Crippen LogP contribution is 2.09. The largest absolute Gasteiger partial charge is 0.482 e. The standard InChI is InChI=1S/C13H21N3O2/c1-10(2)16(4)13(17)9-18-12-6-5-11(7-14-3)15-8-12/h5-6,8,10,14H,7,9H2,1-4H3. The number of nitrogens with one attached hydrogen (secondary N) is 1. The van der Waals surface area contributed by atoms with Gasteiger partial charge in [0.05, 0.1) is 11.9 Å². The van der Waals surface area contributed by atoms with E-state index in [-0.39, 0.29) is 18.6 Å². The van der Waals surface area contributed by atoms with Gasteiger partial charge in [-0.15, -0.1) is 0 Å². The van der Waals surface area contributed by atoms with Crippen molar-refractivity contribution in [1.82, 2.24) is 15.2 Å². The number of rotatable bonds is 6. The van der Waals surface area contributed by atoms with Crippen molar-refractivity contribution in [1.29, 1.82) is 0 Å². The van der Waals surface area contributed by atoms with Crippen LogP contribution in [0, 0.1) is 0 Å². The quantitative estimate of drug-likeness (QED) is 0.821. The van der Waals surface area contributed by atoms with Crippen molar-refractivity contribution in [3.8, 4) is 5.75 Å². The second-order valence-corrected chi connectivity index (χ2v) is 4.40. The predicted octanol–water partition coefficient (Wildman–Crippen LogP) is 1.05. The van der Waals surface area contributed by atoms with E-state index >= 15 is 0 Å². The molecule has 0 saturated heterocycles. The molecular formula is C13H21N3O2. The van der Waals surface area contributed by atoms with Crippen LogP contribution in [-0.4, -0.2) is 42.5 Å². The summed E-state index contributed by atoms with van der Waals surface area (Å²) in [5, 5.41) is 3.02. The Morgan fingerprint density at radius 2 is 2.22 bits per heavy atom. The van der Waals surface area contributed by atoms with Crippen molar-refractivity contribution in [2.45, 2.75) is 26.4 Å². The first-order valence-corrected chi connectivity index (χ1v) is 6.02. The fourth-order valence-corrected chi connectivity index (χ4v) is 1.32. The SMILES string of the molecule is CNCc1ccc(OCC(=O)N(C)C(C)C)cn1. The molecule has 0 unspecified atom stereocenters. The minimum atomic E-state index is -0.0377. The van der Waals surface area contributed by atoms with Crippen molar-refractivity contribution in [2.24, 2.45) is 0 Å². The summed E-state index contributed by atoms with van der Waals surface area (Å²) in [4.78, 5) is 17.6. The van der Waals surface area contributed by atoms with Crippen LogP contribution < -0.4 is 10.1 Å². The molecule has 100 valence electrons. The van der Waals surface area contributed by atoms with Gasteiger partial charge in [-0.25, -0.2) is 0 Å². The number of nitrogens with zero attached hydrogens (tertiary/aromatic N) is 2. The topological polar surface area (TPSA) is 54.5 Å². The van der Waals surface area contributed by atoms with Crippen molar-refractivity contribution in [3.05, 3.63) is 24.0 Å². The summed E-state index contributed by atoms with van der Waals surface area (Å²) in [5.74, 6) is 0.574. The Morgan fingerprint density at radius 1 is 1.50 bits per heavy atom. The monoisotopic (exact) mass is 251 g/mol. The van der Waals surface area contributed by atoms with E-state index in [2.05, 4.69) is 10.3 Å². The maximum Gasteiger partial charge on any atom is 0.260 e. The first-order chi connectivity index (χ1) is 8.54. The number of pyridine rings is 1. The molecule has 0 aromatic carbocycles. The van der Waals surface area contributed by atoms with Gasteiger partial charge in [0.25, 0.3) is 5.91 Å². The van der Waals surface area contributed by atoms with Gasteiger partial charge < -0.3 is 15.0 Å². The number of carbonyl (C=O) groups excluding carboxylic acids is 1. The van der Waals surface area contributed by atoms with E-state index in [4.69, 9.17) is 4.74 Å². The average molecular weight is 251 g/mol. The Kier molecular flexibility index (Phi) is 5.58. The summed E-state index contributed by atoms with van der Waals surface area (Å²) in [7, 11) is 3.64. The Labute approximate surface area is 108 Å². The molecule has 5 heteroatoms. The van der Waals surface area contributed by atoms with Crippen LogP contribution in [-0.2, 0) is 11.3 Å². The third-order valence-corrected chi connectivity index (χ3v) is 2.69.